The fraction of sp³-hybridized carbons (Fsp3) is 0.625. The molecule has 0 spiro atoms. The molecular formula is C16H24O4. The van der Waals surface area contributed by atoms with Crippen molar-refractivity contribution < 1.29 is 19.1 Å². The Labute approximate surface area is 120 Å². The molecule has 0 bridgehead atoms. The average Bonchev–Trinajstić information content (AvgIpc) is 2.38. The van der Waals surface area contributed by atoms with Crippen molar-refractivity contribution in [3.63, 3.8) is 0 Å². The second kappa shape index (κ2) is 9.34. The summed E-state index contributed by atoms with van der Waals surface area (Å²) in [5.41, 5.74) is 0. The maximum atomic E-state index is 11.6. The number of hydrogen-bond donors (Lipinski definition) is 0. The standard InChI is InChI=1S/C16H24O4/c1-3-9-15(17)19-13-11-7-5-6-8-12-14(13)20-16(18)10-4-2/h3-4,9-10,13-14H,5-8,11-12H2,1-2H3/b9-3+,10-4+. The molecule has 112 valence electrons. The van der Waals surface area contributed by atoms with E-state index in [1.165, 1.54) is 12.2 Å². The lowest BCUT2D eigenvalue weighted by molar-refractivity contribution is -0.163. The minimum Gasteiger partial charge on any atom is -0.455 e. The third-order valence-corrected chi connectivity index (χ3v) is 3.28. The zero-order valence-electron chi connectivity index (χ0n) is 12.3. The van der Waals surface area contributed by atoms with E-state index in [0.29, 0.717) is 0 Å². The van der Waals surface area contributed by atoms with E-state index in [9.17, 15) is 9.59 Å². The van der Waals surface area contributed by atoms with Crippen molar-refractivity contribution >= 4 is 11.9 Å². The molecule has 0 aromatic heterocycles. The van der Waals surface area contributed by atoms with Gasteiger partial charge >= 0.3 is 11.9 Å². The topological polar surface area (TPSA) is 52.6 Å². The van der Waals surface area contributed by atoms with Crippen LogP contribution in [0.4, 0.5) is 0 Å². The van der Waals surface area contributed by atoms with Crippen molar-refractivity contribution in [3.05, 3.63) is 24.3 Å². The van der Waals surface area contributed by atoms with Crippen molar-refractivity contribution in [2.75, 3.05) is 0 Å². The largest absolute Gasteiger partial charge is 0.455 e. The van der Waals surface area contributed by atoms with Gasteiger partial charge in [-0.3, -0.25) is 0 Å². The van der Waals surface area contributed by atoms with Gasteiger partial charge in [0.15, 0.2) is 0 Å². The van der Waals surface area contributed by atoms with Crippen LogP contribution in [0.25, 0.3) is 0 Å². The van der Waals surface area contributed by atoms with E-state index in [0.717, 1.165) is 38.5 Å². The van der Waals surface area contributed by atoms with E-state index in [1.807, 2.05) is 0 Å². The van der Waals surface area contributed by atoms with Crippen molar-refractivity contribution in [2.45, 2.75) is 64.6 Å². The third-order valence-electron chi connectivity index (χ3n) is 3.28. The molecule has 0 amide bonds. The van der Waals surface area contributed by atoms with Gasteiger partial charge in [-0.2, -0.15) is 0 Å². The number of esters is 2. The summed E-state index contributed by atoms with van der Waals surface area (Å²) in [6.45, 7) is 3.53. The number of allylic oxidation sites excluding steroid dienone is 2. The fourth-order valence-corrected chi connectivity index (χ4v) is 2.34. The Morgan fingerprint density at radius 1 is 0.800 bits per heavy atom. The highest BCUT2D eigenvalue weighted by molar-refractivity contribution is 5.82. The normalized spacial score (nSPS) is 24.3. The summed E-state index contributed by atoms with van der Waals surface area (Å²) in [4.78, 5) is 23.2. The second-order valence-electron chi connectivity index (χ2n) is 4.94. The molecule has 1 aliphatic carbocycles. The zero-order chi connectivity index (χ0) is 14.8. The minimum absolute atomic E-state index is 0.340. The highest BCUT2D eigenvalue weighted by atomic mass is 16.6. The van der Waals surface area contributed by atoms with Gasteiger partial charge in [0.2, 0.25) is 0 Å². The molecule has 0 N–H and O–H groups in total. The van der Waals surface area contributed by atoms with E-state index < -0.39 is 0 Å². The molecule has 1 saturated carbocycles. The summed E-state index contributed by atoms with van der Waals surface area (Å²) in [5.74, 6) is -0.740. The maximum absolute atomic E-state index is 11.6. The Kier molecular flexibility index (Phi) is 7.70. The predicted octanol–water partition coefficient (Wildman–Crippen LogP) is 3.32. The molecule has 20 heavy (non-hydrogen) atoms. The second-order valence-corrected chi connectivity index (χ2v) is 4.94. The van der Waals surface area contributed by atoms with Gasteiger partial charge in [0.25, 0.3) is 0 Å². The van der Waals surface area contributed by atoms with Crippen molar-refractivity contribution in [1.82, 2.24) is 0 Å². The van der Waals surface area contributed by atoms with Crippen molar-refractivity contribution in [2.24, 2.45) is 0 Å². The first-order valence-electron chi connectivity index (χ1n) is 7.34. The summed E-state index contributed by atoms with van der Waals surface area (Å²) in [6.07, 6.45) is 11.1. The molecule has 2 atom stereocenters. The predicted molar refractivity (Wildman–Crippen MR) is 77.1 cm³/mol. The number of carbonyl (C=O) groups excluding carboxylic acids is 2. The number of carbonyl (C=O) groups is 2. The summed E-state index contributed by atoms with van der Waals surface area (Å²) in [6, 6.07) is 0. The highest BCUT2D eigenvalue weighted by Gasteiger charge is 2.28. The van der Waals surface area contributed by atoms with Crippen molar-refractivity contribution in [1.29, 1.82) is 0 Å². The average molecular weight is 280 g/mol. The SMILES string of the molecule is C/C=C/C(=O)OC1CCCCCCC1OC(=O)/C=C/C. The lowest BCUT2D eigenvalue weighted by atomic mass is 9.96. The van der Waals surface area contributed by atoms with Crippen LogP contribution in [0.5, 0.6) is 0 Å². The first-order chi connectivity index (χ1) is 9.67. The van der Waals surface area contributed by atoms with Crippen LogP contribution in [0, 0.1) is 0 Å². The molecule has 0 aliphatic heterocycles. The van der Waals surface area contributed by atoms with Crippen LogP contribution >= 0.6 is 0 Å². The van der Waals surface area contributed by atoms with E-state index in [4.69, 9.17) is 9.47 Å². The summed E-state index contributed by atoms with van der Waals surface area (Å²) >= 11 is 0. The smallest absolute Gasteiger partial charge is 0.330 e. The van der Waals surface area contributed by atoms with E-state index in [1.54, 1.807) is 26.0 Å². The van der Waals surface area contributed by atoms with Gasteiger partial charge in [0, 0.05) is 12.2 Å². The highest BCUT2D eigenvalue weighted by Crippen LogP contribution is 2.23. The van der Waals surface area contributed by atoms with Crippen LogP contribution in [0.1, 0.15) is 52.4 Å². The molecule has 0 saturated heterocycles. The van der Waals surface area contributed by atoms with E-state index in [2.05, 4.69) is 0 Å². The molecule has 4 heteroatoms. The molecule has 1 fully saturated rings. The lowest BCUT2D eigenvalue weighted by Crippen LogP contribution is -2.35. The lowest BCUT2D eigenvalue weighted by Gasteiger charge is -2.28. The zero-order valence-corrected chi connectivity index (χ0v) is 12.3. The van der Waals surface area contributed by atoms with Crippen LogP contribution in [-0.2, 0) is 19.1 Å². The first kappa shape index (κ1) is 16.5. The van der Waals surface area contributed by atoms with Gasteiger partial charge in [-0.05, 0) is 39.5 Å². The molecule has 4 nitrogen and oxygen atoms in total. The van der Waals surface area contributed by atoms with E-state index >= 15 is 0 Å². The molecule has 0 aromatic rings. The Morgan fingerprint density at radius 2 is 1.20 bits per heavy atom. The Hall–Kier alpha value is -1.58. The minimum atomic E-state index is -0.370. The molecule has 0 aromatic carbocycles. The summed E-state index contributed by atoms with van der Waals surface area (Å²) < 4.78 is 10.9. The van der Waals surface area contributed by atoms with Gasteiger partial charge < -0.3 is 9.47 Å². The Bertz CT molecular complexity index is 335. The van der Waals surface area contributed by atoms with Crippen LogP contribution < -0.4 is 0 Å². The first-order valence-corrected chi connectivity index (χ1v) is 7.34. The van der Waals surface area contributed by atoms with Gasteiger partial charge in [-0.1, -0.05) is 25.0 Å². The van der Waals surface area contributed by atoms with Gasteiger partial charge in [-0.15, -0.1) is 0 Å². The monoisotopic (exact) mass is 280 g/mol. The number of hydrogen-bond acceptors (Lipinski definition) is 4. The van der Waals surface area contributed by atoms with Crippen LogP contribution in [0.2, 0.25) is 0 Å². The molecule has 0 heterocycles. The molecule has 1 aliphatic rings. The molecule has 1 rings (SSSR count). The summed E-state index contributed by atoms with van der Waals surface area (Å²) in [5, 5.41) is 0. The van der Waals surface area contributed by atoms with Crippen LogP contribution in [-0.4, -0.2) is 24.1 Å². The molecule has 2 unspecified atom stereocenters. The fourth-order valence-electron chi connectivity index (χ4n) is 2.34. The van der Waals surface area contributed by atoms with Crippen molar-refractivity contribution in [3.8, 4) is 0 Å². The number of ether oxygens (including phenoxy) is 2. The molecular weight excluding hydrogens is 256 g/mol. The Morgan fingerprint density at radius 3 is 1.55 bits per heavy atom. The van der Waals surface area contributed by atoms with E-state index in [-0.39, 0.29) is 24.1 Å². The van der Waals surface area contributed by atoms with Crippen LogP contribution in [0.3, 0.4) is 0 Å². The van der Waals surface area contributed by atoms with Gasteiger partial charge in [0.05, 0.1) is 0 Å². The van der Waals surface area contributed by atoms with Crippen LogP contribution in [0.15, 0.2) is 24.3 Å². The number of rotatable bonds is 4. The quantitative estimate of drug-likeness (QED) is 0.585. The Balaban J connectivity index is 2.69. The van der Waals surface area contributed by atoms with Gasteiger partial charge in [-0.25, -0.2) is 9.59 Å². The maximum Gasteiger partial charge on any atom is 0.330 e. The van der Waals surface area contributed by atoms with Gasteiger partial charge in [0.1, 0.15) is 12.2 Å². The summed E-state index contributed by atoms with van der Waals surface area (Å²) in [7, 11) is 0. The third kappa shape index (κ3) is 6.04. The molecule has 0 radical (unpaired) electrons.